The van der Waals surface area contributed by atoms with E-state index < -0.39 is 6.61 Å². The molecule has 0 aliphatic rings. The van der Waals surface area contributed by atoms with E-state index in [1.807, 2.05) is 0 Å². The van der Waals surface area contributed by atoms with Crippen LogP contribution in [0.15, 0.2) is 60.1 Å². The van der Waals surface area contributed by atoms with Crippen LogP contribution in [-0.2, 0) is 6.54 Å². The summed E-state index contributed by atoms with van der Waals surface area (Å²) in [4.78, 5) is 16.2. The summed E-state index contributed by atoms with van der Waals surface area (Å²) in [5.74, 6) is 0.0566. The third-order valence-corrected chi connectivity index (χ3v) is 4.83. The molecule has 29 heavy (non-hydrogen) atoms. The van der Waals surface area contributed by atoms with Gasteiger partial charge in [0.05, 0.1) is 24.9 Å². The molecule has 0 radical (unpaired) electrons. The largest absolute Gasteiger partial charge is 0.435 e. The van der Waals surface area contributed by atoms with Gasteiger partial charge in [0.1, 0.15) is 11.3 Å². The Morgan fingerprint density at radius 1 is 1.07 bits per heavy atom. The van der Waals surface area contributed by atoms with Crippen molar-refractivity contribution in [1.29, 1.82) is 0 Å². The van der Waals surface area contributed by atoms with Crippen LogP contribution in [0.25, 0.3) is 11.2 Å². The van der Waals surface area contributed by atoms with E-state index in [9.17, 15) is 8.78 Å². The van der Waals surface area contributed by atoms with Gasteiger partial charge in [0.25, 0.3) is 0 Å². The van der Waals surface area contributed by atoms with Crippen molar-refractivity contribution in [3.63, 3.8) is 0 Å². The predicted octanol–water partition coefficient (Wildman–Crippen LogP) is 4.95. The van der Waals surface area contributed by atoms with E-state index in [1.165, 1.54) is 18.5 Å². The normalized spacial score (nSPS) is 12.1. The summed E-state index contributed by atoms with van der Waals surface area (Å²) in [6.07, 6.45) is 3.13. The van der Waals surface area contributed by atoms with Crippen LogP contribution in [0.4, 0.5) is 14.5 Å². The van der Waals surface area contributed by atoms with Gasteiger partial charge in [0, 0.05) is 15.6 Å². The Morgan fingerprint density at radius 2 is 1.79 bits per heavy atom. The fraction of sp³-hybridized carbons (Fsp3) is 0.105. The lowest BCUT2D eigenvalue weighted by Gasteiger charge is -2.10. The van der Waals surface area contributed by atoms with Crippen LogP contribution in [0.5, 0.6) is 5.75 Å². The number of rotatable bonds is 5. The standard InChI is InChI=1S/C19H13Cl2F2N5O/c20-14-2-1-3-15(21)13(14)8-28-10-26-17(16-18(28)25-9-24-16)27-11-4-6-12(7-5-11)29-19(22)23/h1-7,9-10,19H,8H2,(H,24,25). The van der Waals surface area contributed by atoms with E-state index in [0.29, 0.717) is 38.9 Å². The molecule has 0 aliphatic heterocycles. The average Bonchev–Trinajstić information content (AvgIpc) is 3.18. The minimum Gasteiger partial charge on any atom is -0.435 e. The zero-order valence-corrected chi connectivity index (χ0v) is 16.2. The van der Waals surface area contributed by atoms with Crippen LogP contribution in [0.2, 0.25) is 10.0 Å². The number of nitrogens with zero attached hydrogens (tertiary/aromatic N) is 4. The van der Waals surface area contributed by atoms with Crippen molar-refractivity contribution < 1.29 is 13.5 Å². The van der Waals surface area contributed by atoms with Gasteiger partial charge in [0.2, 0.25) is 0 Å². The number of ether oxygens (including phenoxy) is 1. The molecule has 2 aromatic heterocycles. The van der Waals surface area contributed by atoms with Gasteiger partial charge >= 0.3 is 6.61 Å². The molecule has 0 aliphatic carbocycles. The first kappa shape index (κ1) is 19.4. The molecule has 4 rings (SSSR count). The SMILES string of the molecule is FC(F)Oc1ccc(N=c2ncn(Cc3c(Cl)cccc3Cl)c3nc[nH]c23)cc1. The molecule has 1 N–H and O–H groups in total. The smallest absolute Gasteiger partial charge is 0.387 e. The summed E-state index contributed by atoms with van der Waals surface area (Å²) in [6.45, 7) is -2.49. The molecule has 0 atom stereocenters. The monoisotopic (exact) mass is 435 g/mol. The Bertz CT molecular complexity index is 1200. The Kier molecular flexibility index (Phi) is 5.46. The number of H-pyrrole nitrogens is 1. The highest BCUT2D eigenvalue weighted by Crippen LogP contribution is 2.25. The van der Waals surface area contributed by atoms with Crippen molar-refractivity contribution in [3.8, 4) is 5.75 Å². The first-order valence-electron chi connectivity index (χ1n) is 8.42. The maximum Gasteiger partial charge on any atom is 0.387 e. The van der Waals surface area contributed by atoms with Gasteiger partial charge in [-0.25, -0.2) is 15.0 Å². The molecule has 0 unspecified atom stereocenters. The molecule has 0 saturated carbocycles. The molecule has 0 fully saturated rings. The topological polar surface area (TPSA) is 68.1 Å². The Labute approximate surface area is 173 Å². The second-order valence-corrected chi connectivity index (χ2v) is 6.80. The lowest BCUT2D eigenvalue weighted by Crippen LogP contribution is -2.14. The fourth-order valence-corrected chi connectivity index (χ4v) is 3.31. The van der Waals surface area contributed by atoms with Crippen molar-refractivity contribution in [1.82, 2.24) is 19.5 Å². The fourth-order valence-electron chi connectivity index (χ4n) is 2.79. The van der Waals surface area contributed by atoms with Crippen molar-refractivity contribution in [2.45, 2.75) is 13.2 Å². The van der Waals surface area contributed by atoms with Gasteiger partial charge in [0.15, 0.2) is 11.1 Å². The number of nitrogens with one attached hydrogen (secondary N) is 1. The Hall–Kier alpha value is -2.97. The molecule has 2 aromatic carbocycles. The number of hydrogen-bond donors (Lipinski definition) is 1. The van der Waals surface area contributed by atoms with Crippen LogP contribution in [0, 0.1) is 0 Å². The van der Waals surface area contributed by atoms with E-state index in [-0.39, 0.29) is 5.75 Å². The van der Waals surface area contributed by atoms with Gasteiger partial charge in [-0.3, -0.25) is 0 Å². The van der Waals surface area contributed by atoms with Gasteiger partial charge in [-0.2, -0.15) is 8.78 Å². The van der Waals surface area contributed by atoms with Crippen molar-refractivity contribution in [2.75, 3.05) is 0 Å². The number of alkyl halides is 2. The van der Waals surface area contributed by atoms with Crippen molar-refractivity contribution in [2.24, 2.45) is 4.99 Å². The van der Waals surface area contributed by atoms with Crippen molar-refractivity contribution >= 4 is 40.1 Å². The molecule has 10 heteroatoms. The summed E-state index contributed by atoms with van der Waals surface area (Å²) < 4.78 is 30.7. The van der Waals surface area contributed by atoms with E-state index in [4.69, 9.17) is 23.2 Å². The number of aromatic nitrogens is 4. The molecule has 2 heterocycles. The highest BCUT2D eigenvalue weighted by Gasteiger charge is 2.11. The number of halogens is 4. The molecule has 4 aromatic rings. The lowest BCUT2D eigenvalue weighted by molar-refractivity contribution is -0.0498. The van der Waals surface area contributed by atoms with Crippen LogP contribution in [0.1, 0.15) is 5.56 Å². The second kappa shape index (κ2) is 8.18. The zero-order chi connectivity index (χ0) is 20.4. The van der Waals surface area contributed by atoms with E-state index in [2.05, 4.69) is 24.7 Å². The van der Waals surface area contributed by atoms with E-state index in [0.717, 1.165) is 5.56 Å². The average molecular weight is 436 g/mol. The molecule has 0 amide bonds. The first-order chi connectivity index (χ1) is 14.0. The number of hydrogen-bond acceptors (Lipinski definition) is 4. The Morgan fingerprint density at radius 3 is 2.48 bits per heavy atom. The maximum absolute atomic E-state index is 12.3. The molecule has 0 spiro atoms. The predicted molar refractivity (Wildman–Crippen MR) is 106 cm³/mol. The van der Waals surface area contributed by atoms with Gasteiger partial charge in [-0.05, 0) is 36.4 Å². The Balaban J connectivity index is 1.70. The summed E-state index contributed by atoms with van der Waals surface area (Å²) in [5.41, 5.74) is 2.92. The molecule has 148 valence electrons. The van der Waals surface area contributed by atoms with E-state index >= 15 is 0 Å². The number of imidazole rings is 1. The number of aromatic amines is 1. The second-order valence-electron chi connectivity index (χ2n) is 5.98. The highest BCUT2D eigenvalue weighted by atomic mass is 35.5. The van der Waals surface area contributed by atoms with Crippen molar-refractivity contribution in [3.05, 3.63) is 76.2 Å². The molecule has 6 nitrogen and oxygen atoms in total. The third-order valence-electron chi connectivity index (χ3n) is 4.12. The first-order valence-corrected chi connectivity index (χ1v) is 9.18. The van der Waals surface area contributed by atoms with Crippen LogP contribution < -0.4 is 10.2 Å². The summed E-state index contributed by atoms with van der Waals surface area (Å²) >= 11 is 12.5. The van der Waals surface area contributed by atoms with Gasteiger partial charge in [-0.15, -0.1) is 0 Å². The van der Waals surface area contributed by atoms with Gasteiger partial charge in [-0.1, -0.05) is 29.3 Å². The number of fused-ring (bicyclic) bond motifs is 1. The summed E-state index contributed by atoms with van der Waals surface area (Å²) in [6, 6.07) is 11.3. The minimum atomic E-state index is -2.87. The quantitative estimate of drug-likeness (QED) is 0.482. The maximum atomic E-state index is 12.3. The molecular weight excluding hydrogens is 423 g/mol. The zero-order valence-electron chi connectivity index (χ0n) is 14.7. The number of benzene rings is 2. The summed E-state index contributed by atoms with van der Waals surface area (Å²) in [7, 11) is 0. The third kappa shape index (κ3) is 4.23. The lowest BCUT2D eigenvalue weighted by atomic mass is 10.2. The minimum absolute atomic E-state index is 0.0566. The summed E-state index contributed by atoms with van der Waals surface area (Å²) in [5, 5.41) is 1.10. The van der Waals surface area contributed by atoms with Crippen LogP contribution in [0.3, 0.4) is 0 Å². The van der Waals surface area contributed by atoms with Crippen LogP contribution >= 0.6 is 23.2 Å². The van der Waals surface area contributed by atoms with E-state index in [1.54, 1.807) is 41.2 Å². The molecule has 0 bridgehead atoms. The molecule has 0 saturated heterocycles. The van der Waals surface area contributed by atoms with Crippen LogP contribution in [-0.4, -0.2) is 26.1 Å². The molecular formula is C19H13Cl2F2N5O. The van der Waals surface area contributed by atoms with Gasteiger partial charge < -0.3 is 14.3 Å². The highest BCUT2D eigenvalue weighted by molar-refractivity contribution is 6.36.